The second-order valence-corrected chi connectivity index (χ2v) is 8.19. The van der Waals surface area contributed by atoms with Crippen molar-refractivity contribution < 1.29 is 19.0 Å². The molecule has 2 heterocycles. The number of aryl methyl sites for hydroxylation is 1. The lowest BCUT2D eigenvalue weighted by Gasteiger charge is -2.14. The number of carbonyl (C=O) groups is 1. The van der Waals surface area contributed by atoms with Gasteiger partial charge >= 0.3 is 5.97 Å². The van der Waals surface area contributed by atoms with Crippen LogP contribution in [0.3, 0.4) is 0 Å². The molecular weight excluding hydrogens is 432 g/mol. The van der Waals surface area contributed by atoms with Gasteiger partial charge in [0.1, 0.15) is 17.1 Å². The fourth-order valence-corrected chi connectivity index (χ4v) is 3.20. The van der Waals surface area contributed by atoms with E-state index in [0.29, 0.717) is 47.8 Å². The topological polar surface area (TPSA) is 95.5 Å². The number of esters is 1. The van der Waals surface area contributed by atoms with Gasteiger partial charge in [-0.2, -0.15) is 0 Å². The highest BCUT2D eigenvalue weighted by atomic mass is 16.5. The van der Waals surface area contributed by atoms with Crippen LogP contribution >= 0.6 is 0 Å². The Morgan fingerprint density at radius 1 is 1.09 bits per heavy atom. The molecule has 8 nitrogen and oxygen atoms in total. The van der Waals surface area contributed by atoms with E-state index in [1.807, 2.05) is 30.3 Å². The summed E-state index contributed by atoms with van der Waals surface area (Å²) in [6.45, 7) is 9.19. The van der Waals surface area contributed by atoms with E-state index in [1.54, 1.807) is 33.2 Å². The second-order valence-electron chi connectivity index (χ2n) is 8.19. The Balaban J connectivity index is 1.85. The van der Waals surface area contributed by atoms with Gasteiger partial charge in [0.05, 0.1) is 26.0 Å². The molecule has 0 fully saturated rings. The summed E-state index contributed by atoms with van der Waals surface area (Å²) in [5.74, 6) is 2.31. The minimum absolute atomic E-state index is 0.264. The van der Waals surface area contributed by atoms with E-state index in [4.69, 9.17) is 14.2 Å². The number of carbonyl (C=O) groups excluding carboxylic acids is 1. The number of ether oxygens (including phenoxy) is 3. The van der Waals surface area contributed by atoms with Gasteiger partial charge in [-0.1, -0.05) is 26.0 Å². The highest BCUT2D eigenvalue weighted by molar-refractivity contribution is 5.96. The molecule has 0 radical (unpaired) electrons. The van der Waals surface area contributed by atoms with Gasteiger partial charge in [0, 0.05) is 24.4 Å². The van der Waals surface area contributed by atoms with Crippen molar-refractivity contribution in [2.24, 2.45) is 5.92 Å². The van der Waals surface area contributed by atoms with E-state index in [0.717, 1.165) is 23.3 Å². The minimum Gasteiger partial charge on any atom is -0.497 e. The first-order chi connectivity index (χ1) is 16.4. The van der Waals surface area contributed by atoms with E-state index >= 15 is 0 Å². The molecule has 8 heteroatoms. The van der Waals surface area contributed by atoms with Crippen LogP contribution in [0.2, 0.25) is 0 Å². The van der Waals surface area contributed by atoms with E-state index < -0.39 is 5.97 Å². The molecule has 180 valence electrons. The molecule has 3 rings (SSSR count). The van der Waals surface area contributed by atoms with E-state index in [9.17, 15) is 4.79 Å². The van der Waals surface area contributed by atoms with Crippen LogP contribution in [0, 0.1) is 12.8 Å². The van der Waals surface area contributed by atoms with Crippen LogP contribution in [-0.4, -0.2) is 41.2 Å². The molecule has 2 aromatic heterocycles. The molecule has 0 bridgehead atoms. The number of aromatic nitrogens is 3. The van der Waals surface area contributed by atoms with Gasteiger partial charge < -0.3 is 19.5 Å². The summed E-state index contributed by atoms with van der Waals surface area (Å²) in [6, 6.07) is 11.3. The Morgan fingerprint density at radius 2 is 1.85 bits per heavy atom. The number of hydrogen-bond donors (Lipinski definition) is 1. The zero-order valence-electron chi connectivity index (χ0n) is 20.4. The largest absolute Gasteiger partial charge is 0.497 e. The molecule has 0 spiro atoms. The van der Waals surface area contributed by atoms with E-state index in [-0.39, 0.29) is 6.61 Å². The normalized spacial score (nSPS) is 10.8. The van der Waals surface area contributed by atoms with Gasteiger partial charge in [-0.3, -0.25) is 0 Å². The molecule has 3 aromatic rings. The summed E-state index contributed by atoms with van der Waals surface area (Å²) in [5.41, 5.74) is 2.58. The maximum absolute atomic E-state index is 12.6. The molecule has 1 aromatic carbocycles. The lowest BCUT2D eigenvalue weighted by Crippen LogP contribution is -2.15. The molecular formula is C26H32N4O4. The number of methoxy groups -OCH3 is 1. The molecule has 0 atom stereocenters. The Kier molecular flexibility index (Phi) is 8.79. The first-order valence-electron chi connectivity index (χ1n) is 11.4. The molecule has 0 aliphatic rings. The SMILES string of the molecule is CCOC(=O)c1c(C)nc(-c2ccc(OCCC(C)C)nc2)nc1NCc1ccc(OC)cc1. The average molecular weight is 465 g/mol. The van der Waals surface area contributed by atoms with Crippen LogP contribution in [0.15, 0.2) is 42.6 Å². The van der Waals surface area contributed by atoms with Crippen molar-refractivity contribution in [3.63, 3.8) is 0 Å². The van der Waals surface area contributed by atoms with Crippen molar-refractivity contribution in [2.75, 3.05) is 25.6 Å². The smallest absolute Gasteiger partial charge is 0.343 e. The number of anilines is 1. The van der Waals surface area contributed by atoms with Crippen LogP contribution in [0.25, 0.3) is 11.4 Å². The summed E-state index contributed by atoms with van der Waals surface area (Å²) in [4.78, 5) is 26.2. The summed E-state index contributed by atoms with van der Waals surface area (Å²) < 4.78 is 16.2. The predicted octanol–water partition coefficient (Wildman–Crippen LogP) is 5.07. The lowest BCUT2D eigenvalue weighted by molar-refractivity contribution is 0.0525. The van der Waals surface area contributed by atoms with Gasteiger partial charge in [0.25, 0.3) is 0 Å². The summed E-state index contributed by atoms with van der Waals surface area (Å²) in [7, 11) is 1.63. The van der Waals surface area contributed by atoms with Crippen LogP contribution in [0.1, 0.15) is 48.8 Å². The Bertz CT molecular complexity index is 1080. The summed E-state index contributed by atoms with van der Waals surface area (Å²) in [6.07, 6.45) is 2.64. The van der Waals surface area contributed by atoms with Gasteiger partial charge in [0.2, 0.25) is 5.88 Å². The van der Waals surface area contributed by atoms with E-state index in [2.05, 4.69) is 34.1 Å². The molecule has 34 heavy (non-hydrogen) atoms. The fraction of sp³-hybridized carbons (Fsp3) is 0.385. The van der Waals surface area contributed by atoms with Crippen molar-refractivity contribution in [3.05, 3.63) is 59.4 Å². The Hall–Kier alpha value is -3.68. The lowest BCUT2D eigenvalue weighted by atomic mass is 10.1. The van der Waals surface area contributed by atoms with Crippen molar-refractivity contribution >= 4 is 11.8 Å². The van der Waals surface area contributed by atoms with Crippen molar-refractivity contribution in [1.82, 2.24) is 15.0 Å². The molecule has 0 saturated heterocycles. The van der Waals surface area contributed by atoms with Crippen LogP contribution < -0.4 is 14.8 Å². The number of hydrogen-bond acceptors (Lipinski definition) is 8. The van der Waals surface area contributed by atoms with Crippen molar-refractivity contribution in [3.8, 4) is 23.0 Å². The number of benzene rings is 1. The molecule has 0 amide bonds. The van der Waals surface area contributed by atoms with Gasteiger partial charge in [-0.05, 0) is 49.9 Å². The van der Waals surface area contributed by atoms with Crippen LogP contribution in [0.5, 0.6) is 11.6 Å². The standard InChI is InChI=1S/C26H32N4O4/c1-6-33-26(31)23-18(4)29-24(20-9-12-22(27-16-20)34-14-13-17(2)3)30-25(23)28-15-19-7-10-21(32-5)11-8-19/h7-12,16-17H,6,13-15H2,1-5H3,(H,28,29,30). The third-order valence-corrected chi connectivity index (χ3v) is 5.13. The van der Waals surface area contributed by atoms with Crippen LogP contribution in [-0.2, 0) is 11.3 Å². The number of nitrogens with zero attached hydrogens (tertiary/aromatic N) is 3. The number of rotatable bonds is 11. The zero-order valence-corrected chi connectivity index (χ0v) is 20.4. The monoisotopic (exact) mass is 464 g/mol. The zero-order chi connectivity index (χ0) is 24.5. The van der Waals surface area contributed by atoms with Gasteiger partial charge in [0.15, 0.2) is 5.82 Å². The number of nitrogens with one attached hydrogen (secondary N) is 1. The third kappa shape index (κ3) is 6.66. The number of pyridine rings is 1. The quantitative estimate of drug-likeness (QED) is 0.393. The molecule has 0 saturated carbocycles. The van der Waals surface area contributed by atoms with Gasteiger partial charge in [-0.25, -0.2) is 19.7 Å². The van der Waals surface area contributed by atoms with Crippen molar-refractivity contribution in [1.29, 1.82) is 0 Å². The van der Waals surface area contributed by atoms with Crippen molar-refractivity contribution in [2.45, 2.75) is 40.7 Å². The molecule has 0 unspecified atom stereocenters. The first kappa shape index (κ1) is 25.0. The summed E-state index contributed by atoms with van der Waals surface area (Å²) >= 11 is 0. The maximum Gasteiger partial charge on any atom is 0.343 e. The van der Waals surface area contributed by atoms with E-state index in [1.165, 1.54) is 0 Å². The molecule has 1 N–H and O–H groups in total. The highest BCUT2D eigenvalue weighted by Gasteiger charge is 2.20. The second kappa shape index (κ2) is 12.0. The minimum atomic E-state index is -0.462. The average Bonchev–Trinajstić information content (AvgIpc) is 2.83. The Labute approximate surface area is 200 Å². The fourth-order valence-electron chi connectivity index (χ4n) is 3.20. The Morgan fingerprint density at radius 3 is 2.47 bits per heavy atom. The summed E-state index contributed by atoms with van der Waals surface area (Å²) in [5, 5.41) is 3.27. The van der Waals surface area contributed by atoms with Gasteiger partial charge in [-0.15, -0.1) is 0 Å². The van der Waals surface area contributed by atoms with Crippen LogP contribution in [0.4, 0.5) is 5.82 Å². The first-order valence-corrected chi connectivity index (χ1v) is 11.4. The molecule has 0 aliphatic heterocycles. The molecule has 0 aliphatic carbocycles. The third-order valence-electron chi connectivity index (χ3n) is 5.13. The maximum atomic E-state index is 12.6. The predicted molar refractivity (Wildman–Crippen MR) is 131 cm³/mol. The highest BCUT2D eigenvalue weighted by Crippen LogP contribution is 2.25.